The fraction of sp³-hybridized carbons (Fsp3) is 0.167. The summed E-state index contributed by atoms with van der Waals surface area (Å²) in [5.41, 5.74) is 2.03. The Morgan fingerprint density at radius 2 is 1.80 bits per heavy atom. The predicted molar refractivity (Wildman–Crippen MR) is 148 cm³/mol. The van der Waals surface area contributed by atoms with E-state index in [9.17, 15) is 29.6 Å². The SMILES string of the molecule is COC(=O)c1ccc(C2/C(=C(/O)c3cccc([N+](=O)[O-])c3)C(=O)C(=O)N2CCc2c[nH]c3ccc(OC)cc23)cc1. The molecule has 41 heavy (non-hydrogen) atoms. The van der Waals surface area contributed by atoms with Crippen LogP contribution < -0.4 is 4.74 Å². The normalized spacial score (nSPS) is 16.2. The van der Waals surface area contributed by atoms with E-state index in [1.807, 2.05) is 24.4 Å². The smallest absolute Gasteiger partial charge is 0.337 e. The second-order valence-electron chi connectivity index (χ2n) is 9.39. The molecule has 4 aromatic rings. The largest absolute Gasteiger partial charge is 0.507 e. The van der Waals surface area contributed by atoms with Crippen molar-refractivity contribution in [2.45, 2.75) is 12.5 Å². The number of nitro groups is 1. The minimum atomic E-state index is -1.01. The number of Topliss-reactive ketones (excluding diaryl/α,β-unsaturated/α-hetero) is 1. The number of benzene rings is 3. The Balaban J connectivity index is 1.58. The van der Waals surface area contributed by atoms with Gasteiger partial charge >= 0.3 is 5.97 Å². The summed E-state index contributed by atoms with van der Waals surface area (Å²) in [6, 6.07) is 15.9. The van der Waals surface area contributed by atoms with E-state index in [1.54, 1.807) is 19.2 Å². The Hall–Kier alpha value is -5.45. The van der Waals surface area contributed by atoms with Crippen molar-refractivity contribution in [3.05, 3.63) is 111 Å². The van der Waals surface area contributed by atoms with Gasteiger partial charge in [0.15, 0.2) is 0 Å². The van der Waals surface area contributed by atoms with Crippen LogP contribution in [-0.2, 0) is 20.7 Å². The van der Waals surface area contributed by atoms with Crippen molar-refractivity contribution in [3.8, 4) is 5.75 Å². The van der Waals surface area contributed by atoms with E-state index in [1.165, 1.54) is 42.3 Å². The monoisotopic (exact) mass is 555 g/mol. The highest BCUT2D eigenvalue weighted by atomic mass is 16.6. The van der Waals surface area contributed by atoms with E-state index in [4.69, 9.17) is 9.47 Å². The molecule has 1 aliphatic rings. The number of amides is 1. The predicted octanol–water partition coefficient (Wildman–Crippen LogP) is 4.54. The zero-order valence-corrected chi connectivity index (χ0v) is 22.1. The van der Waals surface area contributed by atoms with Crippen LogP contribution in [0.25, 0.3) is 16.7 Å². The maximum atomic E-state index is 13.4. The van der Waals surface area contributed by atoms with Gasteiger partial charge in [-0.1, -0.05) is 24.3 Å². The molecule has 0 saturated carbocycles. The topological polar surface area (TPSA) is 152 Å². The number of aliphatic hydroxyl groups is 1. The van der Waals surface area contributed by atoms with E-state index in [0.29, 0.717) is 17.7 Å². The van der Waals surface area contributed by atoms with Gasteiger partial charge in [-0.15, -0.1) is 0 Å². The summed E-state index contributed by atoms with van der Waals surface area (Å²) in [7, 11) is 2.82. The molecule has 2 heterocycles. The first kappa shape index (κ1) is 27.1. The lowest BCUT2D eigenvalue weighted by atomic mass is 9.94. The number of nitrogens with zero attached hydrogens (tertiary/aromatic N) is 2. The summed E-state index contributed by atoms with van der Waals surface area (Å²) in [6.45, 7) is 0.115. The lowest BCUT2D eigenvalue weighted by molar-refractivity contribution is -0.384. The molecule has 1 atom stereocenters. The number of fused-ring (bicyclic) bond motifs is 1. The molecule has 1 aromatic heterocycles. The maximum Gasteiger partial charge on any atom is 0.337 e. The van der Waals surface area contributed by atoms with E-state index < -0.39 is 34.4 Å². The van der Waals surface area contributed by atoms with Crippen LogP contribution >= 0.6 is 0 Å². The molecule has 2 N–H and O–H groups in total. The van der Waals surface area contributed by atoms with Crippen LogP contribution in [0.5, 0.6) is 5.75 Å². The molecule has 1 saturated heterocycles. The Bertz CT molecular complexity index is 1720. The fourth-order valence-electron chi connectivity index (χ4n) is 5.03. The van der Waals surface area contributed by atoms with E-state index >= 15 is 0 Å². The average molecular weight is 556 g/mol. The van der Waals surface area contributed by atoms with Crippen molar-refractivity contribution < 1.29 is 33.9 Å². The summed E-state index contributed by atoms with van der Waals surface area (Å²) < 4.78 is 10.1. The molecule has 208 valence electrons. The number of hydrogen-bond acceptors (Lipinski definition) is 8. The van der Waals surface area contributed by atoms with Gasteiger partial charge in [-0.3, -0.25) is 19.7 Å². The third kappa shape index (κ3) is 5.00. The van der Waals surface area contributed by atoms with Crippen LogP contribution in [0.2, 0.25) is 0 Å². The van der Waals surface area contributed by atoms with Gasteiger partial charge in [-0.25, -0.2) is 4.79 Å². The van der Waals surface area contributed by atoms with E-state index in [-0.39, 0.29) is 28.9 Å². The number of non-ortho nitro benzene ring substituents is 1. The maximum absolute atomic E-state index is 13.4. The molecule has 0 bridgehead atoms. The van der Waals surface area contributed by atoms with Crippen molar-refractivity contribution >= 4 is 40.0 Å². The number of hydrogen-bond donors (Lipinski definition) is 2. The third-order valence-electron chi connectivity index (χ3n) is 7.11. The van der Waals surface area contributed by atoms with Gasteiger partial charge in [0.05, 0.1) is 36.3 Å². The number of ether oxygens (including phenoxy) is 2. The van der Waals surface area contributed by atoms with Gasteiger partial charge < -0.3 is 24.5 Å². The first-order valence-electron chi connectivity index (χ1n) is 12.6. The van der Waals surface area contributed by atoms with Crippen molar-refractivity contribution in [2.24, 2.45) is 0 Å². The molecule has 1 fully saturated rings. The number of ketones is 1. The number of carbonyl (C=O) groups excluding carboxylic acids is 3. The van der Waals surface area contributed by atoms with Gasteiger partial charge in [0.25, 0.3) is 17.4 Å². The van der Waals surface area contributed by atoms with E-state index in [0.717, 1.165) is 22.5 Å². The molecule has 11 nitrogen and oxygen atoms in total. The third-order valence-corrected chi connectivity index (χ3v) is 7.11. The number of esters is 1. The minimum absolute atomic E-state index is 0.0251. The number of nitro benzene ring substituents is 1. The summed E-state index contributed by atoms with van der Waals surface area (Å²) >= 11 is 0. The Morgan fingerprint density at radius 1 is 1.05 bits per heavy atom. The van der Waals surface area contributed by atoms with E-state index in [2.05, 4.69) is 4.98 Å². The number of rotatable bonds is 8. The average Bonchev–Trinajstić information content (AvgIpc) is 3.52. The zero-order valence-electron chi connectivity index (χ0n) is 22.1. The van der Waals surface area contributed by atoms with Crippen molar-refractivity contribution in [1.29, 1.82) is 0 Å². The fourth-order valence-corrected chi connectivity index (χ4v) is 5.03. The number of aromatic nitrogens is 1. The first-order valence-corrected chi connectivity index (χ1v) is 12.6. The molecule has 11 heteroatoms. The molecule has 1 aliphatic heterocycles. The van der Waals surface area contributed by atoms with Gasteiger partial charge in [-0.05, 0) is 47.9 Å². The summed E-state index contributed by atoms with van der Waals surface area (Å²) in [4.78, 5) is 54.0. The number of aliphatic hydroxyl groups excluding tert-OH is 1. The molecule has 3 aromatic carbocycles. The van der Waals surface area contributed by atoms with Crippen molar-refractivity contribution in [3.63, 3.8) is 0 Å². The first-order chi connectivity index (χ1) is 19.7. The highest BCUT2D eigenvalue weighted by molar-refractivity contribution is 6.46. The summed E-state index contributed by atoms with van der Waals surface area (Å²) in [5, 5.41) is 23.5. The van der Waals surface area contributed by atoms with Crippen LogP contribution in [0.4, 0.5) is 5.69 Å². The van der Waals surface area contributed by atoms with Crippen LogP contribution in [0.1, 0.15) is 33.1 Å². The summed E-state index contributed by atoms with van der Waals surface area (Å²) in [6.07, 6.45) is 2.19. The number of carbonyl (C=O) groups is 3. The van der Waals surface area contributed by atoms with Crippen molar-refractivity contribution in [1.82, 2.24) is 9.88 Å². The van der Waals surface area contributed by atoms with Crippen molar-refractivity contribution in [2.75, 3.05) is 20.8 Å². The Kier molecular flexibility index (Phi) is 7.26. The number of nitrogens with one attached hydrogen (secondary N) is 1. The number of likely N-dealkylation sites (tertiary alicyclic amines) is 1. The van der Waals surface area contributed by atoms with Gasteiger partial charge in [0, 0.05) is 41.3 Å². The Labute approximate surface area is 233 Å². The molecular formula is C30H25N3O8. The van der Waals surface area contributed by atoms with Crippen LogP contribution in [0, 0.1) is 10.1 Å². The minimum Gasteiger partial charge on any atom is -0.507 e. The van der Waals surface area contributed by atoms with Crippen LogP contribution in [0.15, 0.2) is 78.5 Å². The molecule has 1 amide bonds. The highest BCUT2D eigenvalue weighted by Crippen LogP contribution is 2.40. The number of aromatic amines is 1. The molecule has 0 spiro atoms. The molecule has 1 unspecified atom stereocenters. The molecule has 0 radical (unpaired) electrons. The van der Waals surface area contributed by atoms with Gasteiger partial charge in [0.1, 0.15) is 11.5 Å². The van der Waals surface area contributed by atoms with Crippen LogP contribution in [-0.4, -0.2) is 58.3 Å². The zero-order chi connectivity index (χ0) is 29.3. The second kappa shape index (κ2) is 11.0. The second-order valence-corrected chi connectivity index (χ2v) is 9.39. The molecule has 5 rings (SSSR count). The quantitative estimate of drug-likeness (QED) is 0.0803. The lowest BCUT2D eigenvalue weighted by Gasteiger charge is -2.25. The van der Waals surface area contributed by atoms with Gasteiger partial charge in [0.2, 0.25) is 0 Å². The lowest BCUT2D eigenvalue weighted by Crippen LogP contribution is -2.31. The van der Waals surface area contributed by atoms with Gasteiger partial charge in [-0.2, -0.15) is 0 Å². The highest BCUT2D eigenvalue weighted by Gasteiger charge is 2.46. The number of H-pyrrole nitrogens is 1. The molecule has 0 aliphatic carbocycles. The number of methoxy groups -OCH3 is 2. The Morgan fingerprint density at radius 3 is 2.49 bits per heavy atom. The standard InChI is InChI=1S/C30H25N3O8/c1-40-22-10-11-24-23(15-22)20(16-31-24)12-13-32-26(17-6-8-18(9-7-17)30(37)41-2)25(28(35)29(32)36)27(34)19-4-3-5-21(14-19)33(38)39/h3-11,14-16,26,31,34H,12-13H2,1-2H3/b27-25-. The summed E-state index contributed by atoms with van der Waals surface area (Å²) in [5.74, 6) is -2.17. The molecular weight excluding hydrogens is 530 g/mol. The van der Waals surface area contributed by atoms with Crippen LogP contribution in [0.3, 0.4) is 0 Å².